The second-order valence-corrected chi connectivity index (χ2v) is 3.58. The van der Waals surface area contributed by atoms with Crippen molar-refractivity contribution in [3.63, 3.8) is 0 Å². The van der Waals surface area contributed by atoms with E-state index in [0.717, 1.165) is 6.42 Å². The lowest BCUT2D eigenvalue weighted by Gasteiger charge is -2.14. The molecular formula is C11H12FNO3. The number of carbonyl (C=O) groups is 1. The van der Waals surface area contributed by atoms with Gasteiger partial charge in [0.05, 0.1) is 13.2 Å². The fourth-order valence-corrected chi connectivity index (χ4v) is 1.63. The Bertz CT molecular complexity index is 402. The van der Waals surface area contributed by atoms with Crippen molar-refractivity contribution in [1.82, 2.24) is 0 Å². The van der Waals surface area contributed by atoms with Crippen molar-refractivity contribution in [2.24, 2.45) is 5.73 Å². The summed E-state index contributed by atoms with van der Waals surface area (Å²) in [5.74, 6) is -1.31. The van der Waals surface area contributed by atoms with Crippen molar-refractivity contribution in [2.75, 3.05) is 13.2 Å². The van der Waals surface area contributed by atoms with E-state index in [2.05, 4.69) is 0 Å². The molecular weight excluding hydrogens is 213 g/mol. The van der Waals surface area contributed by atoms with Gasteiger partial charge in [0.1, 0.15) is 23.2 Å². The molecule has 2 rings (SSSR count). The largest absolute Gasteiger partial charge is 0.487 e. The molecule has 5 heteroatoms. The summed E-state index contributed by atoms with van der Waals surface area (Å²) in [5.41, 5.74) is 4.90. The van der Waals surface area contributed by atoms with Crippen LogP contribution < -0.4 is 10.5 Å². The predicted octanol–water partition coefficient (Wildman–Crippen LogP) is 1.09. The lowest BCUT2D eigenvalue weighted by Crippen LogP contribution is -2.20. The first-order valence-corrected chi connectivity index (χ1v) is 5.01. The molecule has 1 saturated heterocycles. The molecule has 4 nitrogen and oxygen atoms in total. The maximum atomic E-state index is 13.4. The van der Waals surface area contributed by atoms with Crippen molar-refractivity contribution in [3.05, 3.63) is 29.6 Å². The number of carbonyl (C=O) groups excluding carboxylic acids is 1. The molecule has 1 fully saturated rings. The van der Waals surface area contributed by atoms with Crippen molar-refractivity contribution >= 4 is 5.91 Å². The van der Waals surface area contributed by atoms with E-state index < -0.39 is 11.7 Å². The Morgan fingerprint density at radius 2 is 2.38 bits per heavy atom. The third-order valence-corrected chi connectivity index (χ3v) is 2.40. The highest BCUT2D eigenvalue weighted by atomic mass is 19.1. The second-order valence-electron chi connectivity index (χ2n) is 3.58. The molecule has 1 aliphatic rings. The minimum Gasteiger partial charge on any atom is -0.487 e. The Morgan fingerprint density at radius 3 is 3.00 bits per heavy atom. The molecule has 0 spiro atoms. The van der Waals surface area contributed by atoms with E-state index in [9.17, 15) is 9.18 Å². The summed E-state index contributed by atoms with van der Waals surface area (Å²) < 4.78 is 24.0. The maximum absolute atomic E-state index is 13.4. The summed E-state index contributed by atoms with van der Waals surface area (Å²) in [7, 11) is 0. The van der Waals surface area contributed by atoms with E-state index in [1.807, 2.05) is 0 Å². The van der Waals surface area contributed by atoms with Gasteiger partial charge in [-0.3, -0.25) is 4.79 Å². The van der Waals surface area contributed by atoms with E-state index in [4.69, 9.17) is 15.2 Å². The van der Waals surface area contributed by atoms with Gasteiger partial charge in [-0.25, -0.2) is 4.39 Å². The number of halogens is 1. The highest BCUT2D eigenvalue weighted by Crippen LogP contribution is 2.23. The molecule has 1 aliphatic heterocycles. The molecule has 0 radical (unpaired) electrons. The van der Waals surface area contributed by atoms with E-state index >= 15 is 0 Å². The van der Waals surface area contributed by atoms with Gasteiger partial charge >= 0.3 is 0 Å². The zero-order chi connectivity index (χ0) is 11.5. The van der Waals surface area contributed by atoms with E-state index in [-0.39, 0.29) is 17.4 Å². The summed E-state index contributed by atoms with van der Waals surface area (Å²) >= 11 is 0. The number of rotatable bonds is 3. The van der Waals surface area contributed by atoms with Crippen molar-refractivity contribution in [2.45, 2.75) is 12.5 Å². The van der Waals surface area contributed by atoms with Gasteiger partial charge in [-0.2, -0.15) is 0 Å². The van der Waals surface area contributed by atoms with Crippen LogP contribution in [0, 0.1) is 5.82 Å². The van der Waals surface area contributed by atoms with Crippen LogP contribution in [-0.4, -0.2) is 25.2 Å². The normalized spacial score (nSPS) is 19.7. The molecule has 1 aromatic carbocycles. The zero-order valence-electron chi connectivity index (χ0n) is 8.61. The number of hydrogen-bond acceptors (Lipinski definition) is 3. The number of primary amides is 1. The van der Waals surface area contributed by atoms with Gasteiger partial charge in [-0.1, -0.05) is 6.07 Å². The first-order chi connectivity index (χ1) is 7.68. The van der Waals surface area contributed by atoms with Crippen LogP contribution >= 0.6 is 0 Å². The summed E-state index contributed by atoms with van der Waals surface area (Å²) in [6.07, 6.45) is 0.592. The van der Waals surface area contributed by atoms with Gasteiger partial charge in [0, 0.05) is 6.42 Å². The number of ether oxygens (including phenoxy) is 2. The van der Waals surface area contributed by atoms with Crippen LogP contribution in [0.3, 0.4) is 0 Å². The summed E-state index contributed by atoms with van der Waals surface area (Å²) in [5, 5.41) is 0. The molecule has 0 bridgehead atoms. The SMILES string of the molecule is NC(=O)c1c(F)cccc1OC1CCOC1. The predicted molar refractivity (Wildman–Crippen MR) is 54.8 cm³/mol. The van der Waals surface area contributed by atoms with Crippen LogP contribution in [0.2, 0.25) is 0 Å². The standard InChI is InChI=1S/C11H12FNO3/c12-8-2-1-3-9(10(8)11(13)14)16-7-4-5-15-6-7/h1-3,7H,4-6H2,(H2,13,14). The highest BCUT2D eigenvalue weighted by Gasteiger charge is 2.21. The van der Waals surface area contributed by atoms with Crippen LogP contribution in [0.4, 0.5) is 4.39 Å². The van der Waals surface area contributed by atoms with Crippen molar-refractivity contribution < 1.29 is 18.7 Å². The van der Waals surface area contributed by atoms with Crippen molar-refractivity contribution in [1.29, 1.82) is 0 Å². The Hall–Kier alpha value is -1.62. The monoisotopic (exact) mass is 225 g/mol. The Balaban J connectivity index is 2.25. The Labute approximate surface area is 92.1 Å². The number of nitrogens with two attached hydrogens (primary N) is 1. The molecule has 86 valence electrons. The number of hydrogen-bond donors (Lipinski definition) is 1. The number of benzene rings is 1. The second kappa shape index (κ2) is 4.49. The van der Waals surface area contributed by atoms with E-state index in [0.29, 0.717) is 13.2 Å². The highest BCUT2D eigenvalue weighted by molar-refractivity contribution is 5.95. The van der Waals surface area contributed by atoms with Crippen LogP contribution in [0.15, 0.2) is 18.2 Å². The lowest BCUT2D eigenvalue weighted by atomic mass is 10.1. The first-order valence-electron chi connectivity index (χ1n) is 5.01. The van der Waals surface area contributed by atoms with Gasteiger partial charge < -0.3 is 15.2 Å². The van der Waals surface area contributed by atoms with Gasteiger partial charge in [0.2, 0.25) is 0 Å². The molecule has 0 aliphatic carbocycles. The molecule has 1 atom stereocenters. The Kier molecular flexibility index (Phi) is 3.05. The average molecular weight is 225 g/mol. The minimum absolute atomic E-state index is 0.139. The molecule has 1 heterocycles. The van der Waals surface area contributed by atoms with Crippen LogP contribution in [0.5, 0.6) is 5.75 Å². The maximum Gasteiger partial charge on any atom is 0.255 e. The Morgan fingerprint density at radius 1 is 1.56 bits per heavy atom. The molecule has 2 N–H and O–H groups in total. The summed E-state index contributed by atoms with van der Waals surface area (Å²) in [4.78, 5) is 11.1. The third-order valence-electron chi connectivity index (χ3n) is 2.40. The van der Waals surface area contributed by atoms with Crippen LogP contribution in [-0.2, 0) is 4.74 Å². The van der Waals surface area contributed by atoms with Crippen molar-refractivity contribution in [3.8, 4) is 5.75 Å². The van der Waals surface area contributed by atoms with E-state index in [1.54, 1.807) is 0 Å². The van der Waals surface area contributed by atoms with Gasteiger partial charge in [-0.15, -0.1) is 0 Å². The smallest absolute Gasteiger partial charge is 0.255 e. The topological polar surface area (TPSA) is 61.6 Å². The average Bonchev–Trinajstić information content (AvgIpc) is 2.70. The van der Waals surface area contributed by atoms with Gasteiger partial charge in [-0.05, 0) is 12.1 Å². The van der Waals surface area contributed by atoms with Gasteiger partial charge in [0.15, 0.2) is 0 Å². The quantitative estimate of drug-likeness (QED) is 0.837. The van der Waals surface area contributed by atoms with E-state index in [1.165, 1.54) is 18.2 Å². The fraction of sp³-hybridized carbons (Fsp3) is 0.364. The molecule has 1 aromatic rings. The molecule has 1 amide bonds. The summed E-state index contributed by atoms with van der Waals surface area (Å²) in [6.45, 7) is 1.07. The first kappa shape index (κ1) is 10.9. The third kappa shape index (κ3) is 2.14. The zero-order valence-corrected chi connectivity index (χ0v) is 8.61. The minimum atomic E-state index is -0.827. The van der Waals surface area contributed by atoms with Crippen LogP contribution in [0.25, 0.3) is 0 Å². The fourth-order valence-electron chi connectivity index (χ4n) is 1.63. The molecule has 1 unspecified atom stereocenters. The number of amides is 1. The molecule has 0 aromatic heterocycles. The van der Waals surface area contributed by atoms with Gasteiger partial charge in [0.25, 0.3) is 5.91 Å². The molecule has 16 heavy (non-hydrogen) atoms. The molecule has 0 saturated carbocycles. The lowest BCUT2D eigenvalue weighted by molar-refractivity contribution is 0.0984. The summed E-state index contributed by atoms with van der Waals surface area (Å²) in [6, 6.07) is 4.19. The van der Waals surface area contributed by atoms with Crippen LogP contribution in [0.1, 0.15) is 16.8 Å².